The summed E-state index contributed by atoms with van der Waals surface area (Å²) in [5.74, 6) is -0.0890. The Morgan fingerprint density at radius 2 is 1.63 bits per heavy atom. The molecule has 0 heterocycles. The van der Waals surface area contributed by atoms with Crippen molar-refractivity contribution in [2.24, 2.45) is 0 Å². The van der Waals surface area contributed by atoms with Crippen molar-refractivity contribution < 1.29 is 22.7 Å². The number of hydrogen-bond acceptors (Lipinski definition) is 5. The molecule has 8 nitrogen and oxygen atoms in total. The lowest BCUT2D eigenvalue weighted by Gasteiger charge is -2.34. The lowest BCUT2D eigenvalue weighted by Crippen LogP contribution is -2.55. The van der Waals surface area contributed by atoms with Gasteiger partial charge in [0.05, 0.1) is 19.1 Å². The number of ether oxygens (including phenoxy) is 1. The molecule has 0 radical (unpaired) electrons. The molecule has 192 valence electrons. The van der Waals surface area contributed by atoms with Crippen molar-refractivity contribution >= 4 is 50.1 Å². The van der Waals surface area contributed by atoms with Crippen LogP contribution in [-0.2, 0) is 26.2 Å². The van der Waals surface area contributed by atoms with E-state index in [9.17, 15) is 18.0 Å². The number of halogens is 1. The highest BCUT2D eigenvalue weighted by Crippen LogP contribution is 2.22. The Balaban J connectivity index is 2.44. The van der Waals surface area contributed by atoms with Crippen LogP contribution in [0.15, 0.2) is 48.5 Å². The average Bonchev–Trinajstić information content (AvgIpc) is 2.76. The van der Waals surface area contributed by atoms with Gasteiger partial charge in [0.15, 0.2) is 0 Å². The minimum absolute atomic E-state index is 0.142. The van der Waals surface area contributed by atoms with E-state index in [2.05, 4.69) is 27.9 Å². The summed E-state index contributed by atoms with van der Waals surface area (Å²) in [6, 6.07) is 13.3. The normalized spacial score (nSPS) is 12.5. The number of nitrogens with one attached hydrogen (secondary N) is 1. The minimum atomic E-state index is -3.76. The molecule has 35 heavy (non-hydrogen) atoms. The molecule has 0 aromatic heterocycles. The molecule has 2 rings (SSSR count). The van der Waals surface area contributed by atoms with E-state index < -0.39 is 34.1 Å². The summed E-state index contributed by atoms with van der Waals surface area (Å²) in [6.45, 7) is 7.16. The van der Waals surface area contributed by atoms with Crippen molar-refractivity contribution in [1.82, 2.24) is 10.2 Å². The van der Waals surface area contributed by atoms with Crippen LogP contribution in [0.4, 0.5) is 5.69 Å². The number of amides is 2. The predicted molar refractivity (Wildman–Crippen MR) is 147 cm³/mol. The summed E-state index contributed by atoms with van der Waals surface area (Å²) in [5, 5.41) is 2.95. The van der Waals surface area contributed by atoms with Gasteiger partial charge in [0.1, 0.15) is 18.3 Å². The Morgan fingerprint density at radius 1 is 1.06 bits per heavy atom. The van der Waals surface area contributed by atoms with Gasteiger partial charge in [-0.3, -0.25) is 13.9 Å². The predicted octanol–water partition coefficient (Wildman–Crippen LogP) is 3.79. The fourth-order valence-electron chi connectivity index (χ4n) is 3.52. The maximum Gasteiger partial charge on any atom is 0.244 e. The Hall–Kier alpha value is -2.34. The maximum atomic E-state index is 13.7. The second-order valence-corrected chi connectivity index (χ2v) is 12.4. The van der Waals surface area contributed by atoms with Gasteiger partial charge in [-0.15, -0.1) is 0 Å². The molecule has 10 heteroatoms. The molecule has 1 atom stereocenters. The van der Waals surface area contributed by atoms with Crippen molar-refractivity contribution in [2.75, 3.05) is 24.2 Å². The SMILES string of the molecule is CC[C@@H](C(=O)NC(C)(C)C)N(Cc1ccc(OC)cc1)C(=O)CN(c1ccc(I)cc1)S(C)(=O)=O. The zero-order valence-corrected chi connectivity index (χ0v) is 24.0. The van der Waals surface area contributed by atoms with Crippen LogP contribution in [0, 0.1) is 3.57 Å². The van der Waals surface area contributed by atoms with E-state index in [1.807, 2.05) is 39.8 Å². The summed E-state index contributed by atoms with van der Waals surface area (Å²) < 4.78 is 32.5. The van der Waals surface area contributed by atoms with E-state index in [1.54, 1.807) is 43.5 Å². The van der Waals surface area contributed by atoms with Gasteiger partial charge in [0.25, 0.3) is 0 Å². The molecular formula is C25H34IN3O5S. The van der Waals surface area contributed by atoms with E-state index in [4.69, 9.17) is 4.74 Å². The van der Waals surface area contributed by atoms with Crippen LogP contribution in [0.2, 0.25) is 0 Å². The van der Waals surface area contributed by atoms with Crippen LogP contribution in [0.5, 0.6) is 5.75 Å². The van der Waals surface area contributed by atoms with Gasteiger partial charge in [-0.1, -0.05) is 19.1 Å². The van der Waals surface area contributed by atoms with Gasteiger partial charge in [-0.2, -0.15) is 0 Å². The molecule has 2 aromatic rings. The summed E-state index contributed by atoms with van der Waals surface area (Å²) >= 11 is 2.13. The fraction of sp³-hybridized carbons (Fsp3) is 0.440. The Morgan fingerprint density at radius 3 is 2.09 bits per heavy atom. The summed E-state index contributed by atoms with van der Waals surface area (Å²) in [6.07, 6.45) is 1.43. The lowest BCUT2D eigenvalue weighted by atomic mass is 10.1. The number of sulfonamides is 1. The molecule has 0 fully saturated rings. The van der Waals surface area contributed by atoms with E-state index in [0.717, 1.165) is 19.7 Å². The number of hydrogen-bond donors (Lipinski definition) is 1. The van der Waals surface area contributed by atoms with Crippen LogP contribution >= 0.6 is 22.6 Å². The molecule has 0 saturated carbocycles. The molecule has 0 unspecified atom stereocenters. The molecule has 0 bridgehead atoms. The molecule has 2 amide bonds. The second-order valence-electron chi connectivity index (χ2n) is 9.28. The standard InChI is InChI=1S/C25H34IN3O5S/c1-7-22(24(31)27-25(2,3)4)28(16-18-8-14-21(34-5)15-9-18)23(30)17-29(35(6,32)33)20-12-10-19(26)11-13-20/h8-15,22H,7,16-17H2,1-6H3,(H,27,31)/t22-/m0/s1. The first kappa shape index (κ1) is 28.9. The molecule has 0 aliphatic rings. The monoisotopic (exact) mass is 615 g/mol. The molecule has 1 N–H and O–H groups in total. The van der Waals surface area contributed by atoms with Crippen molar-refractivity contribution in [1.29, 1.82) is 0 Å². The average molecular weight is 616 g/mol. The van der Waals surface area contributed by atoms with Gasteiger partial charge < -0.3 is 15.0 Å². The van der Waals surface area contributed by atoms with Gasteiger partial charge >= 0.3 is 0 Å². The van der Waals surface area contributed by atoms with E-state index >= 15 is 0 Å². The largest absolute Gasteiger partial charge is 0.497 e. The van der Waals surface area contributed by atoms with E-state index in [1.165, 1.54) is 4.90 Å². The van der Waals surface area contributed by atoms with E-state index in [-0.39, 0.29) is 12.5 Å². The number of benzene rings is 2. The van der Waals surface area contributed by atoms with Crippen LogP contribution < -0.4 is 14.4 Å². The number of carbonyl (C=O) groups excluding carboxylic acids is 2. The first-order valence-electron chi connectivity index (χ1n) is 11.2. The molecule has 2 aromatic carbocycles. The Labute approximate surface area is 222 Å². The first-order valence-corrected chi connectivity index (χ1v) is 14.2. The van der Waals surface area contributed by atoms with Crippen LogP contribution in [-0.4, -0.2) is 56.6 Å². The number of methoxy groups -OCH3 is 1. The van der Waals surface area contributed by atoms with Gasteiger partial charge in [0, 0.05) is 15.7 Å². The van der Waals surface area contributed by atoms with Gasteiger partial charge in [-0.05, 0) is 91.7 Å². The number of nitrogens with zero attached hydrogens (tertiary/aromatic N) is 2. The van der Waals surface area contributed by atoms with Crippen LogP contribution in [0.25, 0.3) is 0 Å². The number of anilines is 1. The molecule has 0 aliphatic carbocycles. The van der Waals surface area contributed by atoms with Crippen LogP contribution in [0.3, 0.4) is 0 Å². The second kappa shape index (κ2) is 12.1. The third-order valence-corrected chi connectivity index (χ3v) is 7.05. The minimum Gasteiger partial charge on any atom is -0.497 e. The van der Waals surface area contributed by atoms with Crippen molar-refractivity contribution in [3.8, 4) is 5.75 Å². The number of rotatable bonds is 10. The topological polar surface area (TPSA) is 96.0 Å². The third-order valence-electron chi connectivity index (χ3n) is 5.19. The summed E-state index contributed by atoms with van der Waals surface area (Å²) in [4.78, 5) is 28.3. The third kappa shape index (κ3) is 8.68. The molecule has 0 spiro atoms. The molecule has 0 aliphatic heterocycles. The quantitative estimate of drug-likeness (QED) is 0.411. The summed E-state index contributed by atoms with van der Waals surface area (Å²) in [7, 11) is -2.19. The van der Waals surface area contributed by atoms with Gasteiger partial charge in [0.2, 0.25) is 21.8 Å². The summed E-state index contributed by atoms with van der Waals surface area (Å²) in [5.41, 5.74) is 0.693. The number of carbonyl (C=O) groups is 2. The highest BCUT2D eigenvalue weighted by molar-refractivity contribution is 14.1. The van der Waals surface area contributed by atoms with Crippen molar-refractivity contribution in [3.63, 3.8) is 0 Å². The first-order chi connectivity index (χ1) is 16.2. The zero-order chi connectivity index (χ0) is 26.4. The van der Waals surface area contributed by atoms with Crippen LogP contribution in [0.1, 0.15) is 39.7 Å². The zero-order valence-electron chi connectivity index (χ0n) is 21.0. The maximum absolute atomic E-state index is 13.7. The van der Waals surface area contributed by atoms with Crippen molar-refractivity contribution in [2.45, 2.75) is 52.2 Å². The van der Waals surface area contributed by atoms with Crippen molar-refractivity contribution in [3.05, 3.63) is 57.7 Å². The Bertz CT molecular complexity index is 1110. The molecule has 0 saturated heterocycles. The smallest absolute Gasteiger partial charge is 0.244 e. The fourth-order valence-corrected chi connectivity index (χ4v) is 4.73. The highest BCUT2D eigenvalue weighted by atomic mass is 127. The molecular weight excluding hydrogens is 581 g/mol. The Kier molecular flexibility index (Phi) is 9.96. The van der Waals surface area contributed by atoms with E-state index in [0.29, 0.717) is 17.9 Å². The highest BCUT2D eigenvalue weighted by Gasteiger charge is 2.33. The lowest BCUT2D eigenvalue weighted by molar-refractivity contribution is -0.141. The van der Waals surface area contributed by atoms with Gasteiger partial charge in [-0.25, -0.2) is 8.42 Å².